The summed E-state index contributed by atoms with van der Waals surface area (Å²) in [6.45, 7) is 0. The Hall–Kier alpha value is -1.69. The summed E-state index contributed by atoms with van der Waals surface area (Å²) in [6, 6.07) is 7.43. The van der Waals surface area contributed by atoms with E-state index >= 15 is 0 Å². The third kappa shape index (κ3) is 2.04. The topological polar surface area (TPSA) is 76.7 Å². The Morgan fingerprint density at radius 2 is 2.33 bits per heavy atom. The van der Waals surface area contributed by atoms with Gasteiger partial charge in [0.1, 0.15) is 0 Å². The SMILES string of the molecule is Cn1c(Sc2cccc(N)c2)n[nH]c1=O. The smallest absolute Gasteiger partial charge is 0.343 e. The Morgan fingerprint density at radius 1 is 1.53 bits per heavy atom. The highest BCUT2D eigenvalue weighted by molar-refractivity contribution is 7.99. The van der Waals surface area contributed by atoms with Crippen LogP contribution in [-0.2, 0) is 7.05 Å². The van der Waals surface area contributed by atoms with Gasteiger partial charge < -0.3 is 5.73 Å². The maximum Gasteiger partial charge on any atom is 0.343 e. The number of benzene rings is 1. The molecule has 6 heteroatoms. The summed E-state index contributed by atoms with van der Waals surface area (Å²) in [5.74, 6) is 0. The maximum atomic E-state index is 11.1. The van der Waals surface area contributed by atoms with Crippen LogP contribution in [0.4, 0.5) is 5.69 Å². The highest BCUT2D eigenvalue weighted by Gasteiger charge is 2.05. The number of nitrogens with zero attached hydrogens (tertiary/aromatic N) is 2. The number of hydrogen-bond donors (Lipinski definition) is 2. The largest absolute Gasteiger partial charge is 0.399 e. The molecule has 2 rings (SSSR count). The van der Waals surface area contributed by atoms with Crippen LogP contribution in [0.1, 0.15) is 0 Å². The first kappa shape index (κ1) is 9.85. The Labute approximate surface area is 90.3 Å². The minimum Gasteiger partial charge on any atom is -0.399 e. The van der Waals surface area contributed by atoms with E-state index in [1.807, 2.05) is 24.3 Å². The number of nitrogen functional groups attached to an aromatic ring is 1. The van der Waals surface area contributed by atoms with Gasteiger partial charge in [0.15, 0.2) is 5.16 Å². The first-order valence-electron chi connectivity index (χ1n) is 4.31. The van der Waals surface area contributed by atoms with Crippen LogP contribution in [0.2, 0.25) is 0 Å². The second kappa shape index (κ2) is 3.82. The van der Waals surface area contributed by atoms with E-state index in [1.54, 1.807) is 7.05 Å². The van der Waals surface area contributed by atoms with Gasteiger partial charge in [-0.25, -0.2) is 9.89 Å². The van der Waals surface area contributed by atoms with Gasteiger partial charge in [-0.2, -0.15) is 0 Å². The zero-order valence-corrected chi connectivity index (χ0v) is 8.91. The molecule has 1 aromatic heterocycles. The van der Waals surface area contributed by atoms with Gasteiger partial charge in [0.2, 0.25) is 0 Å². The fourth-order valence-corrected chi connectivity index (χ4v) is 1.97. The lowest BCUT2D eigenvalue weighted by molar-refractivity contribution is 0.766. The molecule has 0 saturated heterocycles. The van der Waals surface area contributed by atoms with Crippen molar-refractivity contribution in [3.8, 4) is 0 Å². The van der Waals surface area contributed by atoms with E-state index in [1.165, 1.54) is 16.3 Å². The predicted octanol–water partition coefficient (Wildman–Crippen LogP) is 0.842. The molecule has 1 aromatic carbocycles. The zero-order chi connectivity index (χ0) is 10.8. The number of aromatic nitrogens is 3. The van der Waals surface area contributed by atoms with Crippen LogP contribution in [-0.4, -0.2) is 14.8 Å². The van der Waals surface area contributed by atoms with Gasteiger partial charge in [-0.1, -0.05) is 6.07 Å². The van der Waals surface area contributed by atoms with Crippen LogP contribution >= 0.6 is 11.8 Å². The molecular formula is C9H10N4OS. The molecule has 0 atom stereocenters. The van der Waals surface area contributed by atoms with Crippen LogP contribution in [0.3, 0.4) is 0 Å². The number of aromatic amines is 1. The highest BCUT2D eigenvalue weighted by atomic mass is 32.2. The molecule has 15 heavy (non-hydrogen) atoms. The molecule has 1 heterocycles. The molecule has 0 aliphatic heterocycles. The van der Waals surface area contributed by atoms with Crippen LogP contribution in [0.5, 0.6) is 0 Å². The lowest BCUT2D eigenvalue weighted by atomic mass is 10.3. The van der Waals surface area contributed by atoms with Crippen molar-refractivity contribution >= 4 is 17.4 Å². The summed E-state index contributed by atoms with van der Waals surface area (Å²) < 4.78 is 1.45. The molecule has 5 nitrogen and oxygen atoms in total. The lowest BCUT2D eigenvalue weighted by Gasteiger charge is -2.00. The summed E-state index contributed by atoms with van der Waals surface area (Å²) in [6.07, 6.45) is 0. The van der Waals surface area contributed by atoms with Crippen LogP contribution in [0.15, 0.2) is 39.1 Å². The lowest BCUT2D eigenvalue weighted by Crippen LogP contribution is -2.12. The normalized spacial score (nSPS) is 10.5. The Kier molecular flexibility index (Phi) is 2.51. The summed E-state index contributed by atoms with van der Waals surface area (Å²) >= 11 is 1.39. The third-order valence-electron chi connectivity index (χ3n) is 1.91. The molecule has 0 unspecified atom stereocenters. The molecule has 0 aliphatic carbocycles. The van der Waals surface area contributed by atoms with E-state index in [-0.39, 0.29) is 5.69 Å². The second-order valence-electron chi connectivity index (χ2n) is 3.04. The molecule has 2 aromatic rings. The minimum absolute atomic E-state index is 0.221. The van der Waals surface area contributed by atoms with E-state index in [0.717, 1.165) is 4.90 Å². The standard InChI is InChI=1S/C9H10N4OS/c1-13-8(14)11-12-9(13)15-7-4-2-3-6(10)5-7/h2-5H,10H2,1H3,(H,11,14). The van der Waals surface area contributed by atoms with Crippen LogP contribution < -0.4 is 11.4 Å². The van der Waals surface area contributed by atoms with Crippen molar-refractivity contribution in [1.29, 1.82) is 0 Å². The molecule has 0 radical (unpaired) electrons. The van der Waals surface area contributed by atoms with Crippen molar-refractivity contribution in [2.45, 2.75) is 10.1 Å². The van der Waals surface area contributed by atoms with Gasteiger partial charge in [-0.05, 0) is 30.0 Å². The minimum atomic E-state index is -0.221. The molecule has 78 valence electrons. The molecule has 0 amide bonds. The molecule has 0 bridgehead atoms. The molecule has 3 N–H and O–H groups in total. The maximum absolute atomic E-state index is 11.1. The number of rotatable bonds is 2. The summed E-state index contributed by atoms with van der Waals surface area (Å²) in [5, 5.41) is 6.88. The van der Waals surface area contributed by atoms with Crippen molar-refractivity contribution in [3.63, 3.8) is 0 Å². The number of hydrogen-bond acceptors (Lipinski definition) is 4. The average molecular weight is 222 g/mol. The molecule has 0 spiro atoms. The highest BCUT2D eigenvalue weighted by Crippen LogP contribution is 2.25. The Morgan fingerprint density at radius 3 is 2.93 bits per heavy atom. The second-order valence-corrected chi connectivity index (χ2v) is 4.09. The third-order valence-corrected chi connectivity index (χ3v) is 2.94. The van der Waals surface area contributed by atoms with E-state index in [4.69, 9.17) is 5.73 Å². The van der Waals surface area contributed by atoms with E-state index in [9.17, 15) is 4.79 Å². The molecular weight excluding hydrogens is 212 g/mol. The fourth-order valence-electron chi connectivity index (χ4n) is 1.11. The zero-order valence-electron chi connectivity index (χ0n) is 8.10. The number of anilines is 1. The van der Waals surface area contributed by atoms with Crippen molar-refractivity contribution in [2.75, 3.05) is 5.73 Å². The van der Waals surface area contributed by atoms with Gasteiger partial charge in [0.25, 0.3) is 0 Å². The molecule has 0 saturated carbocycles. The van der Waals surface area contributed by atoms with Crippen molar-refractivity contribution in [3.05, 3.63) is 34.7 Å². The Balaban J connectivity index is 2.29. The van der Waals surface area contributed by atoms with Crippen molar-refractivity contribution < 1.29 is 0 Å². The first-order chi connectivity index (χ1) is 7.16. The van der Waals surface area contributed by atoms with Crippen molar-refractivity contribution in [2.24, 2.45) is 7.05 Å². The number of H-pyrrole nitrogens is 1. The first-order valence-corrected chi connectivity index (χ1v) is 5.13. The van der Waals surface area contributed by atoms with Gasteiger partial charge >= 0.3 is 5.69 Å². The fraction of sp³-hybridized carbons (Fsp3) is 0.111. The van der Waals surface area contributed by atoms with Gasteiger partial charge in [0, 0.05) is 17.6 Å². The number of nitrogens with two attached hydrogens (primary N) is 1. The average Bonchev–Trinajstić information content (AvgIpc) is 2.50. The number of nitrogens with one attached hydrogen (secondary N) is 1. The summed E-state index contributed by atoms with van der Waals surface area (Å²) in [7, 11) is 1.67. The van der Waals surface area contributed by atoms with Gasteiger partial charge in [-0.15, -0.1) is 5.10 Å². The Bertz CT molecular complexity index is 531. The van der Waals surface area contributed by atoms with E-state index < -0.39 is 0 Å². The van der Waals surface area contributed by atoms with E-state index in [2.05, 4.69) is 10.2 Å². The summed E-state index contributed by atoms with van der Waals surface area (Å²) in [5.41, 5.74) is 6.12. The van der Waals surface area contributed by atoms with Gasteiger partial charge in [-0.3, -0.25) is 4.57 Å². The van der Waals surface area contributed by atoms with Crippen LogP contribution in [0, 0.1) is 0 Å². The predicted molar refractivity (Wildman–Crippen MR) is 58.8 cm³/mol. The monoisotopic (exact) mass is 222 g/mol. The quantitative estimate of drug-likeness (QED) is 0.738. The van der Waals surface area contributed by atoms with E-state index in [0.29, 0.717) is 10.8 Å². The van der Waals surface area contributed by atoms with Crippen molar-refractivity contribution in [1.82, 2.24) is 14.8 Å². The van der Waals surface area contributed by atoms with Gasteiger partial charge in [0.05, 0.1) is 0 Å². The molecule has 0 fully saturated rings. The summed E-state index contributed by atoms with van der Waals surface area (Å²) in [4.78, 5) is 12.1. The van der Waals surface area contributed by atoms with Crippen LogP contribution in [0.25, 0.3) is 0 Å². The molecule has 0 aliphatic rings.